The number of benzene rings is 1. The van der Waals surface area contributed by atoms with E-state index in [2.05, 4.69) is 9.88 Å². The van der Waals surface area contributed by atoms with Crippen LogP contribution in [0.1, 0.15) is 12.8 Å². The van der Waals surface area contributed by atoms with E-state index in [0.29, 0.717) is 5.52 Å². The number of piperidine rings is 1. The molecule has 1 aromatic heterocycles. The zero-order chi connectivity index (χ0) is 15.0. The molecule has 0 bridgehead atoms. The molecule has 1 aliphatic heterocycles. The van der Waals surface area contributed by atoms with E-state index in [1.807, 2.05) is 6.07 Å². The maximum absolute atomic E-state index is 13.7. The Kier molecular flexibility index (Phi) is 3.80. The zero-order valence-corrected chi connectivity index (χ0v) is 13.0. The molecule has 1 amide bonds. The number of thiazole rings is 1. The number of carbonyl (C=O) groups is 1. The Hall–Kier alpha value is -1.69. The molecule has 0 saturated carbocycles. The minimum absolute atomic E-state index is 0.0994. The number of hydrogen-bond donors (Lipinski definition) is 0. The van der Waals surface area contributed by atoms with Gasteiger partial charge in [-0.15, -0.1) is 0 Å². The summed E-state index contributed by atoms with van der Waals surface area (Å²) < 4.78 is 14.6. The van der Waals surface area contributed by atoms with Crippen LogP contribution in [0.5, 0.6) is 0 Å². The van der Waals surface area contributed by atoms with Crippen molar-refractivity contribution < 1.29 is 9.18 Å². The van der Waals surface area contributed by atoms with E-state index in [0.717, 1.165) is 35.8 Å². The van der Waals surface area contributed by atoms with Crippen LogP contribution < -0.4 is 4.90 Å². The summed E-state index contributed by atoms with van der Waals surface area (Å²) >= 11 is 1.51. The second-order valence-electron chi connectivity index (χ2n) is 5.58. The van der Waals surface area contributed by atoms with Crippen molar-refractivity contribution in [3.63, 3.8) is 0 Å². The standard InChI is InChI=1S/C15H18FN3OS/c1-18(2)14(20)10-6-8-19(9-7-10)15-17-13-11(16)4-3-5-12(13)21-15/h3-5,10H,6-9H2,1-2H3. The SMILES string of the molecule is CN(C)C(=O)C1CCN(c2nc3c(F)cccc3s2)CC1. The van der Waals surface area contributed by atoms with Gasteiger partial charge in [-0.1, -0.05) is 17.4 Å². The Balaban J connectivity index is 1.74. The highest BCUT2D eigenvalue weighted by atomic mass is 32.1. The van der Waals surface area contributed by atoms with Crippen molar-refractivity contribution in [3.05, 3.63) is 24.0 Å². The van der Waals surface area contributed by atoms with Crippen LogP contribution in [0.25, 0.3) is 10.2 Å². The van der Waals surface area contributed by atoms with E-state index < -0.39 is 0 Å². The number of para-hydroxylation sites is 1. The van der Waals surface area contributed by atoms with Crippen LogP contribution in [0.15, 0.2) is 18.2 Å². The molecule has 3 rings (SSSR count). The molecule has 21 heavy (non-hydrogen) atoms. The first kappa shape index (κ1) is 14.3. The first-order chi connectivity index (χ1) is 10.1. The lowest BCUT2D eigenvalue weighted by molar-refractivity contribution is -0.133. The Bertz CT molecular complexity index is 662. The highest BCUT2D eigenvalue weighted by Gasteiger charge is 2.27. The zero-order valence-electron chi connectivity index (χ0n) is 12.2. The summed E-state index contributed by atoms with van der Waals surface area (Å²) in [5.41, 5.74) is 0.448. The lowest BCUT2D eigenvalue weighted by Crippen LogP contribution is -2.40. The Morgan fingerprint density at radius 2 is 2.10 bits per heavy atom. The normalized spacial score (nSPS) is 16.4. The lowest BCUT2D eigenvalue weighted by Gasteiger charge is -2.32. The second kappa shape index (κ2) is 5.60. The van der Waals surface area contributed by atoms with Crippen molar-refractivity contribution in [2.45, 2.75) is 12.8 Å². The van der Waals surface area contributed by atoms with Crippen LogP contribution >= 0.6 is 11.3 Å². The van der Waals surface area contributed by atoms with E-state index >= 15 is 0 Å². The monoisotopic (exact) mass is 307 g/mol. The number of aromatic nitrogens is 1. The molecular formula is C15H18FN3OS. The summed E-state index contributed by atoms with van der Waals surface area (Å²) in [4.78, 5) is 20.2. The van der Waals surface area contributed by atoms with Gasteiger partial charge in [-0.05, 0) is 25.0 Å². The summed E-state index contributed by atoms with van der Waals surface area (Å²) in [6, 6.07) is 5.04. The van der Waals surface area contributed by atoms with Crippen LogP contribution in [-0.4, -0.2) is 43.0 Å². The molecule has 0 aliphatic carbocycles. The molecule has 0 atom stereocenters. The van der Waals surface area contributed by atoms with Crippen LogP contribution in [0.2, 0.25) is 0 Å². The predicted molar refractivity (Wildman–Crippen MR) is 83.2 cm³/mol. The fraction of sp³-hybridized carbons (Fsp3) is 0.467. The lowest BCUT2D eigenvalue weighted by atomic mass is 9.96. The average molecular weight is 307 g/mol. The van der Waals surface area contributed by atoms with Crippen molar-refractivity contribution >= 4 is 32.6 Å². The molecule has 0 N–H and O–H groups in total. The first-order valence-corrected chi connectivity index (χ1v) is 7.89. The van der Waals surface area contributed by atoms with Gasteiger partial charge >= 0.3 is 0 Å². The van der Waals surface area contributed by atoms with Gasteiger partial charge in [-0.25, -0.2) is 9.37 Å². The van der Waals surface area contributed by atoms with Gasteiger partial charge in [0.25, 0.3) is 0 Å². The average Bonchev–Trinajstić information content (AvgIpc) is 2.92. The molecule has 0 unspecified atom stereocenters. The smallest absolute Gasteiger partial charge is 0.225 e. The molecule has 0 spiro atoms. The highest BCUT2D eigenvalue weighted by molar-refractivity contribution is 7.22. The fourth-order valence-electron chi connectivity index (χ4n) is 2.72. The topological polar surface area (TPSA) is 36.4 Å². The van der Waals surface area contributed by atoms with Crippen molar-refractivity contribution in [1.29, 1.82) is 0 Å². The van der Waals surface area contributed by atoms with E-state index in [1.165, 1.54) is 17.4 Å². The number of anilines is 1. The van der Waals surface area contributed by atoms with Crippen LogP contribution in [0, 0.1) is 11.7 Å². The van der Waals surface area contributed by atoms with Crippen LogP contribution in [0.4, 0.5) is 9.52 Å². The van der Waals surface area contributed by atoms with Crippen LogP contribution in [0.3, 0.4) is 0 Å². The third-order valence-corrected chi connectivity index (χ3v) is 5.00. The van der Waals surface area contributed by atoms with Gasteiger partial charge in [-0.2, -0.15) is 0 Å². The van der Waals surface area contributed by atoms with Gasteiger partial charge in [0.2, 0.25) is 5.91 Å². The third-order valence-electron chi connectivity index (χ3n) is 3.91. The van der Waals surface area contributed by atoms with Crippen molar-refractivity contribution in [3.8, 4) is 0 Å². The molecule has 1 aromatic carbocycles. The third kappa shape index (κ3) is 2.72. The van der Waals surface area contributed by atoms with Crippen LogP contribution in [-0.2, 0) is 4.79 Å². The number of halogens is 1. The Morgan fingerprint density at radius 3 is 2.71 bits per heavy atom. The molecule has 6 heteroatoms. The first-order valence-electron chi connectivity index (χ1n) is 7.07. The summed E-state index contributed by atoms with van der Waals surface area (Å²) in [5.74, 6) is 0.0278. The molecule has 2 aromatic rings. The number of hydrogen-bond acceptors (Lipinski definition) is 4. The molecule has 4 nitrogen and oxygen atoms in total. The summed E-state index contributed by atoms with van der Waals surface area (Å²) in [7, 11) is 3.59. The van der Waals surface area contributed by atoms with Gasteiger partial charge in [0.1, 0.15) is 11.3 Å². The van der Waals surface area contributed by atoms with Gasteiger partial charge in [0, 0.05) is 33.1 Å². The summed E-state index contributed by atoms with van der Waals surface area (Å²) in [6.07, 6.45) is 1.66. The minimum Gasteiger partial charge on any atom is -0.349 e. The van der Waals surface area contributed by atoms with E-state index in [-0.39, 0.29) is 17.6 Å². The van der Waals surface area contributed by atoms with E-state index in [4.69, 9.17) is 0 Å². The molecule has 112 valence electrons. The molecule has 2 heterocycles. The summed E-state index contributed by atoms with van der Waals surface area (Å²) in [6.45, 7) is 1.59. The van der Waals surface area contributed by atoms with Gasteiger partial charge in [0.15, 0.2) is 5.13 Å². The van der Waals surface area contributed by atoms with Gasteiger partial charge in [-0.3, -0.25) is 4.79 Å². The van der Waals surface area contributed by atoms with Crippen molar-refractivity contribution in [1.82, 2.24) is 9.88 Å². The number of amides is 1. The highest BCUT2D eigenvalue weighted by Crippen LogP contribution is 2.32. The molecule has 1 aliphatic rings. The molecular weight excluding hydrogens is 289 g/mol. The predicted octanol–water partition coefficient (Wildman–Crippen LogP) is 2.74. The van der Waals surface area contributed by atoms with Crippen molar-refractivity contribution in [2.75, 3.05) is 32.1 Å². The molecule has 1 saturated heterocycles. The Morgan fingerprint density at radius 1 is 1.38 bits per heavy atom. The molecule has 1 fully saturated rings. The summed E-state index contributed by atoms with van der Waals surface area (Å²) in [5, 5.41) is 0.853. The maximum atomic E-state index is 13.7. The largest absolute Gasteiger partial charge is 0.349 e. The van der Waals surface area contributed by atoms with E-state index in [9.17, 15) is 9.18 Å². The fourth-order valence-corrected chi connectivity index (χ4v) is 3.75. The molecule has 0 radical (unpaired) electrons. The number of fused-ring (bicyclic) bond motifs is 1. The Labute approximate surface area is 127 Å². The van der Waals surface area contributed by atoms with Crippen molar-refractivity contribution in [2.24, 2.45) is 5.92 Å². The number of rotatable bonds is 2. The van der Waals surface area contributed by atoms with Gasteiger partial charge in [0.05, 0.1) is 4.70 Å². The number of nitrogens with zero attached hydrogens (tertiary/aromatic N) is 3. The maximum Gasteiger partial charge on any atom is 0.225 e. The quantitative estimate of drug-likeness (QED) is 0.856. The number of carbonyl (C=O) groups excluding carboxylic acids is 1. The minimum atomic E-state index is -0.271. The second-order valence-corrected chi connectivity index (χ2v) is 6.59. The van der Waals surface area contributed by atoms with Gasteiger partial charge < -0.3 is 9.80 Å². The van der Waals surface area contributed by atoms with E-state index in [1.54, 1.807) is 25.1 Å².